The number of nitrogens with zero attached hydrogens (tertiary/aromatic N) is 2. The standard InChI is InChI=1S/C22H27ClN2O4S2/c1-24(2)31(26,27)19-11-5-8-16-22(19)30-18-10-6-9-17(21(18)25(16)14-7-13-23)29-20-12-3-4-15-28-20/h5-6,8-11,20H,3-4,7,12-15H2,1-2H3. The topological polar surface area (TPSA) is 59.1 Å². The molecule has 0 bridgehead atoms. The monoisotopic (exact) mass is 482 g/mol. The summed E-state index contributed by atoms with van der Waals surface area (Å²) < 4.78 is 39.3. The van der Waals surface area contributed by atoms with Crippen molar-refractivity contribution in [2.75, 3.05) is 38.0 Å². The van der Waals surface area contributed by atoms with Crippen molar-refractivity contribution in [1.29, 1.82) is 0 Å². The van der Waals surface area contributed by atoms with Crippen molar-refractivity contribution in [3.8, 4) is 5.75 Å². The van der Waals surface area contributed by atoms with E-state index in [0.717, 1.165) is 52.6 Å². The van der Waals surface area contributed by atoms with Crippen molar-refractivity contribution in [3.05, 3.63) is 36.4 Å². The van der Waals surface area contributed by atoms with Crippen molar-refractivity contribution in [1.82, 2.24) is 4.31 Å². The number of para-hydroxylation sites is 1. The van der Waals surface area contributed by atoms with E-state index in [0.29, 0.717) is 23.9 Å². The number of fused-ring (bicyclic) bond motifs is 2. The Labute approximate surface area is 193 Å². The van der Waals surface area contributed by atoms with Gasteiger partial charge in [-0.15, -0.1) is 11.6 Å². The Kier molecular flexibility index (Phi) is 7.03. The summed E-state index contributed by atoms with van der Waals surface area (Å²) in [5, 5.41) is 0. The summed E-state index contributed by atoms with van der Waals surface area (Å²) in [6.45, 7) is 1.36. The minimum Gasteiger partial charge on any atom is -0.463 e. The molecule has 1 saturated heterocycles. The van der Waals surface area contributed by atoms with Gasteiger partial charge < -0.3 is 14.4 Å². The summed E-state index contributed by atoms with van der Waals surface area (Å²) in [4.78, 5) is 4.13. The fourth-order valence-corrected chi connectivity index (χ4v) is 6.46. The van der Waals surface area contributed by atoms with E-state index in [2.05, 4.69) is 4.90 Å². The number of anilines is 2. The lowest BCUT2D eigenvalue weighted by atomic mass is 10.2. The molecule has 0 spiro atoms. The van der Waals surface area contributed by atoms with Crippen LogP contribution in [0, 0.1) is 0 Å². The average Bonchev–Trinajstić information content (AvgIpc) is 2.77. The van der Waals surface area contributed by atoms with Gasteiger partial charge in [-0.3, -0.25) is 0 Å². The molecule has 4 rings (SSSR count). The Balaban J connectivity index is 1.80. The third-order valence-corrected chi connectivity index (χ3v) is 8.80. The zero-order valence-corrected chi connectivity index (χ0v) is 20.1. The predicted octanol–water partition coefficient (Wildman–Crippen LogP) is 5.07. The maximum Gasteiger partial charge on any atom is 0.243 e. The quantitative estimate of drug-likeness (QED) is 0.513. The number of benzene rings is 2. The molecule has 0 aromatic heterocycles. The lowest BCUT2D eigenvalue weighted by Crippen LogP contribution is -2.29. The molecular formula is C22H27ClN2O4S2. The summed E-state index contributed by atoms with van der Waals surface area (Å²) in [6, 6.07) is 11.3. The summed E-state index contributed by atoms with van der Waals surface area (Å²) in [5.41, 5.74) is 1.80. The Morgan fingerprint density at radius 3 is 2.74 bits per heavy atom. The smallest absolute Gasteiger partial charge is 0.243 e. The summed E-state index contributed by atoms with van der Waals surface area (Å²) in [6.07, 6.45) is 3.49. The van der Waals surface area contributed by atoms with Crippen molar-refractivity contribution >= 4 is 44.8 Å². The fraction of sp³-hybridized carbons (Fsp3) is 0.455. The Hall–Kier alpha value is -1.45. The van der Waals surface area contributed by atoms with Gasteiger partial charge in [0.25, 0.3) is 0 Å². The van der Waals surface area contributed by atoms with Gasteiger partial charge in [0.15, 0.2) is 6.29 Å². The van der Waals surface area contributed by atoms with Gasteiger partial charge >= 0.3 is 0 Å². The van der Waals surface area contributed by atoms with E-state index in [-0.39, 0.29) is 6.29 Å². The minimum atomic E-state index is -3.59. The number of sulfonamides is 1. The maximum atomic E-state index is 13.0. The number of hydrogen-bond donors (Lipinski definition) is 0. The summed E-state index contributed by atoms with van der Waals surface area (Å²) in [5.74, 6) is 1.26. The zero-order valence-electron chi connectivity index (χ0n) is 17.7. The van der Waals surface area contributed by atoms with Crippen LogP contribution < -0.4 is 9.64 Å². The fourth-order valence-electron chi connectivity index (χ4n) is 3.79. The van der Waals surface area contributed by atoms with Crippen LogP contribution in [0.5, 0.6) is 5.75 Å². The average molecular weight is 483 g/mol. The molecule has 0 aliphatic carbocycles. The minimum absolute atomic E-state index is 0.262. The molecule has 1 atom stereocenters. The number of halogens is 1. The molecular weight excluding hydrogens is 456 g/mol. The van der Waals surface area contributed by atoms with Gasteiger partial charge in [-0.25, -0.2) is 12.7 Å². The highest BCUT2D eigenvalue weighted by Gasteiger charge is 2.33. The Morgan fingerprint density at radius 2 is 2.03 bits per heavy atom. The van der Waals surface area contributed by atoms with Gasteiger partial charge in [-0.2, -0.15) is 0 Å². The Morgan fingerprint density at radius 1 is 1.23 bits per heavy atom. The van der Waals surface area contributed by atoms with Gasteiger partial charge in [0.05, 0.1) is 27.8 Å². The highest BCUT2D eigenvalue weighted by atomic mass is 35.5. The molecule has 2 aliphatic heterocycles. The second-order valence-electron chi connectivity index (χ2n) is 7.70. The molecule has 0 radical (unpaired) electrons. The van der Waals surface area contributed by atoms with Crippen LogP contribution in [0.1, 0.15) is 25.7 Å². The molecule has 0 amide bonds. The third-order valence-electron chi connectivity index (χ3n) is 5.36. The van der Waals surface area contributed by atoms with Crippen LogP contribution in [0.15, 0.2) is 51.1 Å². The number of rotatable bonds is 7. The van der Waals surface area contributed by atoms with Crippen LogP contribution in [0.3, 0.4) is 0 Å². The Bertz CT molecular complexity index is 1040. The van der Waals surface area contributed by atoms with Crippen LogP contribution in [-0.2, 0) is 14.8 Å². The van der Waals surface area contributed by atoms with E-state index in [1.807, 2.05) is 24.3 Å². The lowest BCUT2D eigenvalue weighted by Gasteiger charge is -2.36. The summed E-state index contributed by atoms with van der Waals surface area (Å²) >= 11 is 7.50. The molecule has 2 aromatic carbocycles. The second-order valence-corrected chi connectivity index (χ2v) is 11.3. The van der Waals surface area contributed by atoms with E-state index in [1.54, 1.807) is 26.2 Å². The van der Waals surface area contributed by atoms with Gasteiger partial charge in [-0.05, 0) is 43.5 Å². The largest absolute Gasteiger partial charge is 0.463 e. The number of ether oxygens (including phenoxy) is 2. The lowest BCUT2D eigenvalue weighted by molar-refractivity contribution is -0.105. The van der Waals surface area contributed by atoms with Crippen molar-refractivity contribution < 1.29 is 17.9 Å². The number of hydrogen-bond acceptors (Lipinski definition) is 6. The number of alkyl halides is 1. The van der Waals surface area contributed by atoms with E-state index in [4.69, 9.17) is 21.1 Å². The van der Waals surface area contributed by atoms with Crippen molar-refractivity contribution in [2.45, 2.75) is 46.7 Å². The van der Waals surface area contributed by atoms with Crippen LogP contribution in [-0.4, -0.2) is 52.1 Å². The first kappa shape index (κ1) is 22.7. The van der Waals surface area contributed by atoms with Crippen LogP contribution in [0.4, 0.5) is 11.4 Å². The SMILES string of the molecule is CN(C)S(=O)(=O)c1cccc2c1Sc1cccc(OC3CCCCO3)c1N2CCCCl. The zero-order chi connectivity index (χ0) is 22.0. The van der Waals surface area contributed by atoms with E-state index >= 15 is 0 Å². The summed E-state index contributed by atoms with van der Waals surface area (Å²) in [7, 11) is -0.483. The highest BCUT2D eigenvalue weighted by Crippen LogP contribution is 2.54. The second kappa shape index (κ2) is 9.58. The van der Waals surface area contributed by atoms with E-state index < -0.39 is 10.0 Å². The first-order valence-electron chi connectivity index (χ1n) is 10.4. The molecule has 1 unspecified atom stereocenters. The molecule has 0 N–H and O–H groups in total. The molecule has 168 valence electrons. The molecule has 31 heavy (non-hydrogen) atoms. The third kappa shape index (κ3) is 4.54. The van der Waals surface area contributed by atoms with E-state index in [1.165, 1.54) is 16.1 Å². The van der Waals surface area contributed by atoms with Gasteiger partial charge in [-0.1, -0.05) is 23.9 Å². The predicted molar refractivity (Wildman–Crippen MR) is 124 cm³/mol. The highest BCUT2D eigenvalue weighted by molar-refractivity contribution is 8.00. The molecule has 6 nitrogen and oxygen atoms in total. The van der Waals surface area contributed by atoms with Crippen LogP contribution in [0.2, 0.25) is 0 Å². The molecule has 2 aliphatic rings. The molecule has 2 aromatic rings. The first-order valence-corrected chi connectivity index (χ1v) is 13.2. The van der Waals surface area contributed by atoms with Crippen LogP contribution in [0.25, 0.3) is 0 Å². The first-order chi connectivity index (χ1) is 14.9. The van der Waals surface area contributed by atoms with Crippen LogP contribution >= 0.6 is 23.4 Å². The molecule has 2 heterocycles. The normalized spacial score (nSPS) is 18.6. The van der Waals surface area contributed by atoms with Gasteiger partial charge in [0.2, 0.25) is 10.0 Å². The van der Waals surface area contributed by atoms with Crippen molar-refractivity contribution in [3.63, 3.8) is 0 Å². The van der Waals surface area contributed by atoms with E-state index in [9.17, 15) is 8.42 Å². The van der Waals surface area contributed by atoms with Crippen molar-refractivity contribution in [2.24, 2.45) is 0 Å². The van der Waals surface area contributed by atoms with Gasteiger partial charge in [0.1, 0.15) is 5.75 Å². The molecule has 0 saturated carbocycles. The molecule has 9 heteroatoms. The maximum absolute atomic E-state index is 13.0. The van der Waals surface area contributed by atoms with Gasteiger partial charge in [0, 0.05) is 37.8 Å². The molecule has 1 fully saturated rings.